The van der Waals surface area contributed by atoms with Crippen molar-refractivity contribution in [1.29, 1.82) is 0 Å². The fourth-order valence-corrected chi connectivity index (χ4v) is 4.98. The van der Waals surface area contributed by atoms with Gasteiger partial charge in [0.2, 0.25) is 5.82 Å². The van der Waals surface area contributed by atoms with Crippen molar-refractivity contribution in [2.75, 3.05) is 6.61 Å². The van der Waals surface area contributed by atoms with Gasteiger partial charge in [-0.3, -0.25) is 15.0 Å². The van der Waals surface area contributed by atoms with Gasteiger partial charge in [0.05, 0.1) is 41.7 Å². The number of nitrogens with one attached hydrogen (secondary N) is 1. The summed E-state index contributed by atoms with van der Waals surface area (Å²) in [5.41, 5.74) is 6.88. The molecule has 0 aliphatic rings. The first-order chi connectivity index (χ1) is 22.0. The Morgan fingerprint density at radius 1 is 0.867 bits per heavy atom. The van der Waals surface area contributed by atoms with Crippen molar-refractivity contribution >= 4 is 17.0 Å². The van der Waals surface area contributed by atoms with Crippen LogP contribution in [0.5, 0.6) is 6.01 Å². The van der Waals surface area contributed by atoms with E-state index in [0.29, 0.717) is 47.1 Å². The lowest BCUT2D eigenvalue weighted by Gasteiger charge is -2.13. The minimum Gasteiger partial charge on any atom is -0.465 e. The summed E-state index contributed by atoms with van der Waals surface area (Å²) >= 11 is 0. The Morgan fingerprint density at radius 3 is 2.27 bits per heavy atom. The average Bonchev–Trinajstić information content (AvgIpc) is 3.72. The highest BCUT2D eigenvalue weighted by molar-refractivity contribution is 6.02. The van der Waals surface area contributed by atoms with Crippen LogP contribution in [0.15, 0.2) is 91.0 Å². The monoisotopic (exact) mass is 607 g/mol. The molecule has 0 unspecified atom stereocenters. The maximum Gasteiger partial charge on any atom is 0.340 e. The Kier molecular flexibility index (Phi) is 8.84. The molecule has 0 bridgehead atoms. The first-order valence-corrected chi connectivity index (χ1v) is 14.1. The van der Waals surface area contributed by atoms with Crippen LogP contribution in [0, 0.1) is 0 Å². The zero-order chi connectivity index (χ0) is 31.2. The Morgan fingerprint density at radius 2 is 1.58 bits per heavy atom. The van der Waals surface area contributed by atoms with Crippen LogP contribution in [-0.4, -0.2) is 58.6 Å². The number of carbonyl (C=O) groups is 1. The van der Waals surface area contributed by atoms with Crippen LogP contribution >= 0.6 is 0 Å². The summed E-state index contributed by atoms with van der Waals surface area (Å²) in [4.78, 5) is 22.7. The zero-order valence-electron chi connectivity index (χ0n) is 24.2. The van der Waals surface area contributed by atoms with Gasteiger partial charge in [-0.2, -0.15) is 10.2 Å². The molecule has 6 rings (SSSR count). The lowest BCUT2D eigenvalue weighted by atomic mass is 9.98. The molecular formula is C32H29N7O6. The fraction of sp³-hybridized carbons (Fsp3) is 0.156. The third kappa shape index (κ3) is 6.71. The number of para-hydroxylation sites is 1. The highest BCUT2D eigenvalue weighted by Crippen LogP contribution is 2.31. The normalized spacial score (nSPS) is 11.3. The zero-order valence-corrected chi connectivity index (χ0v) is 24.2. The number of esters is 1. The molecule has 45 heavy (non-hydrogen) atoms. The Labute approximate surface area is 257 Å². The molecule has 4 aromatic carbocycles. The molecule has 13 nitrogen and oxygen atoms in total. The van der Waals surface area contributed by atoms with E-state index in [-0.39, 0.29) is 18.6 Å². The molecule has 228 valence electrons. The topological polar surface area (TPSA) is 161 Å². The maximum absolute atomic E-state index is 13.4. The van der Waals surface area contributed by atoms with Crippen molar-refractivity contribution in [1.82, 2.24) is 35.6 Å². The first kappa shape index (κ1) is 29.6. The number of aromatic nitrogens is 6. The van der Waals surface area contributed by atoms with Crippen LogP contribution in [0.1, 0.15) is 34.0 Å². The van der Waals surface area contributed by atoms with Gasteiger partial charge in [-0.1, -0.05) is 78.9 Å². The number of tetrazole rings is 1. The number of benzene rings is 4. The van der Waals surface area contributed by atoms with Crippen molar-refractivity contribution in [2.45, 2.75) is 26.7 Å². The summed E-state index contributed by atoms with van der Waals surface area (Å²) in [5.74, 6) is 0.0194. The first-order valence-electron chi connectivity index (χ1n) is 14.1. The molecule has 0 saturated carbocycles. The van der Waals surface area contributed by atoms with Crippen molar-refractivity contribution in [3.05, 3.63) is 113 Å². The maximum atomic E-state index is 13.4. The number of hydrogen-bond acceptors (Lipinski definition) is 11. The second-order valence-corrected chi connectivity index (χ2v) is 9.98. The SMILES string of the molecule is CCOc1nc2cccc(C(=O)OCc3ccc(CON(O)O)cc3)c2n1Cc1ccc(-c2ccccc2-c2nn[nH]n2)cc1. The van der Waals surface area contributed by atoms with Crippen LogP contribution < -0.4 is 4.74 Å². The van der Waals surface area contributed by atoms with E-state index < -0.39 is 5.97 Å². The minimum atomic E-state index is -0.498. The van der Waals surface area contributed by atoms with Gasteiger partial charge in [0.25, 0.3) is 6.01 Å². The molecule has 0 saturated heterocycles. The minimum absolute atomic E-state index is 0.0303. The van der Waals surface area contributed by atoms with Gasteiger partial charge in [0, 0.05) is 5.56 Å². The van der Waals surface area contributed by atoms with Crippen LogP contribution in [0.4, 0.5) is 0 Å². The molecule has 2 aromatic heterocycles. The predicted octanol–water partition coefficient (Wildman–Crippen LogP) is 5.20. The van der Waals surface area contributed by atoms with Crippen molar-refractivity contribution in [2.24, 2.45) is 0 Å². The summed E-state index contributed by atoms with van der Waals surface area (Å²) in [5, 5.41) is 31.5. The second-order valence-electron chi connectivity index (χ2n) is 9.98. The van der Waals surface area contributed by atoms with Crippen molar-refractivity contribution < 1.29 is 29.5 Å². The van der Waals surface area contributed by atoms with Crippen molar-refractivity contribution in [3.8, 4) is 28.5 Å². The summed E-state index contributed by atoms with van der Waals surface area (Å²) in [6, 6.07) is 28.7. The number of fused-ring (bicyclic) bond motifs is 1. The molecule has 0 atom stereocenters. The standard InChI is InChI=1S/C32H29N7O6/c1-2-43-32-33-28-9-5-8-27(31(40)44-19-22-10-12-23(13-11-22)20-45-39(41)42)29(28)38(32)18-21-14-16-24(17-15-21)25-6-3-4-7-26(25)30-34-36-37-35-30/h3-17,41-42H,2,18-20H2,1H3,(H,34,35,36,37). The smallest absolute Gasteiger partial charge is 0.340 e. The molecule has 2 heterocycles. The summed E-state index contributed by atoms with van der Waals surface area (Å²) in [6.45, 7) is 2.71. The lowest BCUT2D eigenvalue weighted by Crippen LogP contribution is -2.13. The third-order valence-corrected chi connectivity index (χ3v) is 7.08. The lowest BCUT2D eigenvalue weighted by molar-refractivity contribution is -0.497. The van der Waals surface area contributed by atoms with E-state index >= 15 is 0 Å². The summed E-state index contributed by atoms with van der Waals surface area (Å²) in [6.07, 6.45) is 0. The van der Waals surface area contributed by atoms with E-state index in [4.69, 9.17) is 19.9 Å². The number of aromatic amines is 1. The molecule has 13 heteroatoms. The second kappa shape index (κ2) is 13.4. The van der Waals surface area contributed by atoms with E-state index in [1.165, 1.54) is 0 Å². The van der Waals surface area contributed by atoms with E-state index in [2.05, 4.69) is 30.4 Å². The third-order valence-electron chi connectivity index (χ3n) is 7.08. The van der Waals surface area contributed by atoms with E-state index in [1.807, 2.05) is 66.1 Å². The molecule has 0 aliphatic heterocycles. The number of ether oxygens (including phenoxy) is 2. The van der Waals surface area contributed by atoms with Gasteiger partial charge in [0.1, 0.15) is 6.61 Å². The predicted molar refractivity (Wildman–Crippen MR) is 161 cm³/mol. The van der Waals surface area contributed by atoms with Gasteiger partial charge >= 0.3 is 5.97 Å². The molecule has 0 spiro atoms. The number of carbonyl (C=O) groups excluding carboxylic acids is 1. The van der Waals surface area contributed by atoms with Gasteiger partial charge in [0.15, 0.2) is 0 Å². The van der Waals surface area contributed by atoms with Crippen LogP contribution in [-0.2, 0) is 29.3 Å². The molecule has 0 aliphatic carbocycles. The number of hydrogen-bond donors (Lipinski definition) is 3. The molecule has 0 radical (unpaired) electrons. The van der Waals surface area contributed by atoms with Gasteiger partial charge < -0.3 is 9.47 Å². The van der Waals surface area contributed by atoms with Gasteiger partial charge in [-0.05, 0) is 52.1 Å². The van der Waals surface area contributed by atoms with E-state index in [1.54, 1.807) is 36.4 Å². The highest BCUT2D eigenvalue weighted by Gasteiger charge is 2.21. The molecule has 0 amide bonds. The molecule has 3 N–H and O–H groups in total. The Bertz CT molecular complexity index is 1890. The Hall–Kier alpha value is -5.47. The van der Waals surface area contributed by atoms with Crippen molar-refractivity contribution in [3.63, 3.8) is 0 Å². The summed E-state index contributed by atoms with van der Waals surface area (Å²) < 4.78 is 13.5. The number of imidazole rings is 1. The molecule has 6 aromatic rings. The van der Waals surface area contributed by atoms with Crippen LogP contribution in [0.3, 0.4) is 0 Å². The van der Waals surface area contributed by atoms with Gasteiger partial charge in [-0.15, -0.1) is 10.2 Å². The Balaban J connectivity index is 1.24. The molecule has 0 fully saturated rings. The fourth-order valence-electron chi connectivity index (χ4n) is 4.98. The van der Waals surface area contributed by atoms with Crippen LogP contribution in [0.2, 0.25) is 0 Å². The van der Waals surface area contributed by atoms with E-state index in [0.717, 1.165) is 27.8 Å². The van der Waals surface area contributed by atoms with Crippen LogP contribution in [0.25, 0.3) is 33.5 Å². The number of nitrogens with zero attached hydrogens (tertiary/aromatic N) is 6. The number of H-pyrrole nitrogens is 1. The van der Waals surface area contributed by atoms with Gasteiger partial charge in [-0.25, -0.2) is 9.63 Å². The number of rotatable bonds is 12. The quantitative estimate of drug-likeness (QED) is 0.124. The van der Waals surface area contributed by atoms with E-state index in [9.17, 15) is 4.79 Å². The molecular weight excluding hydrogens is 578 g/mol. The highest BCUT2D eigenvalue weighted by atomic mass is 17.1. The largest absolute Gasteiger partial charge is 0.465 e. The summed E-state index contributed by atoms with van der Waals surface area (Å²) in [7, 11) is 0. The average molecular weight is 608 g/mol.